The minimum atomic E-state index is -0.520. The second-order valence-electron chi connectivity index (χ2n) is 10.9. The molecule has 268 valence electrons. The highest BCUT2D eigenvalue weighted by Crippen LogP contribution is 2.27. The van der Waals surface area contributed by atoms with Gasteiger partial charge < -0.3 is 37.9 Å². The van der Waals surface area contributed by atoms with E-state index >= 15 is 0 Å². The Morgan fingerprint density at radius 1 is 0.420 bits per heavy atom. The molecule has 0 heterocycles. The van der Waals surface area contributed by atoms with Gasteiger partial charge in [0.25, 0.3) is 0 Å². The molecule has 0 atom stereocenters. The van der Waals surface area contributed by atoms with Crippen molar-refractivity contribution in [2.45, 2.75) is 27.7 Å². The van der Waals surface area contributed by atoms with Crippen LogP contribution >= 0.6 is 0 Å². The highest BCUT2D eigenvalue weighted by atomic mass is 16.6. The first kappa shape index (κ1) is 40.4. The predicted molar refractivity (Wildman–Crippen MR) is 187 cm³/mol. The summed E-state index contributed by atoms with van der Waals surface area (Å²) in [7, 11) is 0. The van der Waals surface area contributed by atoms with Crippen molar-refractivity contribution in [3.05, 3.63) is 96.1 Å². The molecule has 50 heavy (non-hydrogen) atoms. The molecule has 0 aliphatic carbocycles. The second kappa shape index (κ2) is 21.2. The fraction of sp³-hybridized carbons (Fsp3) is 0.316. The van der Waals surface area contributed by atoms with Gasteiger partial charge in [-0.1, -0.05) is 38.5 Å². The lowest BCUT2D eigenvalue weighted by Gasteiger charge is -2.13. The van der Waals surface area contributed by atoms with Crippen LogP contribution in [0.5, 0.6) is 23.0 Å². The summed E-state index contributed by atoms with van der Waals surface area (Å²) in [5, 5.41) is 0. The molecular formula is C38H44O12. The summed E-state index contributed by atoms with van der Waals surface area (Å²) in [4.78, 5) is 46.8. The third kappa shape index (κ3) is 15.9. The van der Waals surface area contributed by atoms with Crippen molar-refractivity contribution in [3.63, 3.8) is 0 Å². The van der Waals surface area contributed by atoms with Gasteiger partial charge in [0.05, 0.1) is 0 Å². The molecule has 0 fully saturated rings. The van der Waals surface area contributed by atoms with Gasteiger partial charge in [0.2, 0.25) is 0 Å². The van der Waals surface area contributed by atoms with Gasteiger partial charge in [0.15, 0.2) is 0 Å². The van der Waals surface area contributed by atoms with Crippen LogP contribution in [0.15, 0.2) is 85.0 Å². The molecule has 12 heteroatoms. The highest BCUT2D eigenvalue weighted by molar-refractivity contribution is 5.88. The van der Waals surface area contributed by atoms with Crippen molar-refractivity contribution < 1.29 is 57.1 Å². The van der Waals surface area contributed by atoms with Gasteiger partial charge >= 0.3 is 23.9 Å². The Hall–Kier alpha value is -5.78. The molecule has 0 radical (unpaired) electrons. The predicted octanol–water partition coefficient (Wildman–Crippen LogP) is 5.85. The minimum absolute atomic E-state index is 0.00711. The summed E-state index contributed by atoms with van der Waals surface area (Å²) < 4.78 is 43.7. The Bertz CT molecular complexity index is 1380. The number of hydrogen-bond donors (Lipinski definition) is 0. The molecule has 0 N–H and O–H groups in total. The lowest BCUT2D eigenvalue weighted by atomic mass is 10.1. The zero-order valence-electron chi connectivity index (χ0n) is 29.0. The van der Waals surface area contributed by atoms with Gasteiger partial charge in [-0.2, -0.15) is 0 Å². The topological polar surface area (TPSA) is 142 Å². The standard InChI is InChI=1S/C38H44O12/c1-25(2)35(39)47-15-11-43-31-19-29(20-32(23-31)44-12-16-48-36(40)26(3)4)9-10-30-21-33(45-13-17-49-37(41)27(5)6)24-34(22-30)46-14-18-50-38(42)28(7)8/h9-10,19-24H,1,3,5,7,11-18H2,2,4,6,8H3. The van der Waals surface area contributed by atoms with E-state index in [4.69, 9.17) is 37.9 Å². The largest absolute Gasteiger partial charge is 0.490 e. The summed E-state index contributed by atoms with van der Waals surface area (Å²) in [6.45, 7) is 20.8. The van der Waals surface area contributed by atoms with Gasteiger partial charge in [0.1, 0.15) is 75.9 Å². The second-order valence-corrected chi connectivity index (χ2v) is 10.9. The number of carbonyl (C=O) groups excluding carboxylic acids is 4. The van der Waals surface area contributed by atoms with E-state index in [9.17, 15) is 19.2 Å². The quantitative estimate of drug-likeness (QED) is 0.0480. The number of rotatable bonds is 22. The Morgan fingerprint density at radius 2 is 0.640 bits per heavy atom. The maximum atomic E-state index is 11.7. The van der Waals surface area contributed by atoms with Crippen LogP contribution in [0.3, 0.4) is 0 Å². The van der Waals surface area contributed by atoms with Gasteiger partial charge in [0, 0.05) is 34.4 Å². The van der Waals surface area contributed by atoms with Gasteiger partial charge in [-0.05, 0) is 63.1 Å². The smallest absolute Gasteiger partial charge is 0.333 e. The molecule has 0 aliphatic heterocycles. The maximum absolute atomic E-state index is 11.7. The molecule has 0 amide bonds. The lowest BCUT2D eigenvalue weighted by Crippen LogP contribution is -2.13. The summed E-state index contributed by atoms with van der Waals surface area (Å²) in [6, 6.07) is 10.3. The van der Waals surface area contributed by atoms with Crippen molar-refractivity contribution in [1.29, 1.82) is 0 Å². The van der Waals surface area contributed by atoms with E-state index in [-0.39, 0.29) is 75.1 Å². The zero-order chi connectivity index (χ0) is 37.1. The summed E-state index contributed by atoms with van der Waals surface area (Å²) in [5.74, 6) is -0.348. The monoisotopic (exact) mass is 692 g/mol. The number of hydrogen-bond acceptors (Lipinski definition) is 12. The molecule has 0 saturated heterocycles. The van der Waals surface area contributed by atoms with Crippen LogP contribution in [0.4, 0.5) is 0 Å². The first-order valence-corrected chi connectivity index (χ1v) is 15.5. The van der Waals surface area contributed by atoms with Crippen LogP contribution in [0, 0.1) is 0 Å². The Balaban J connectivity index is 2.26. The zero-order valence-corrected chi connectivity index (χ0v) is 29.0. The van der Waals surface area contributed by atoms with E-state index in [0.717, 1.165) is 0 Å². The average Bonchev–Trinajstić information content (AvgIpc) is 3.07. The van der Waals surface area contributed by atoms with E-state index < -0.39 is 23.9 Å². The lowest BCUT2D eigenvalue weighted by molar-refractivity contribution is -0.140. The third-order valence-corrected chi connectivity index (χ3v) is 6.01. The van der Waals surface area contributed by atoms with Crippen LogP contribution in [-0.2, 0) is 38.1 Å². The van der Waals surface area contributed by atoms with Gasteiger partial charge in [-0.3, -0.25) is 0 Å². The minimum Gasteiger partial charge on any atom is -0.490 e. The van der Waals surface area contributed by atoms with E-state index in [1.807, 2.05) is 0 Å². The number of ether oxygens (including phenoxy) is 8. The molecule has 2 rings (SSSR count). The molecule has 0 saturated carbocycles. The van der Waals surface area contributed by atoms with Crippen molar-refractivity contribution >= 4 is 36.0 Å². The van der Waals surface area contributed by atoms with Crippen molar-refractivity contribution in [2.24, 2.45) is 0 Å². The summed E-state index contributed by atoms with van der Waals surface area (Å²) in [6.07, 6.45) is 3.60. The van der Waals surface area contributed by atoms with Crippen molar-refractivity contribution in [3.8, 4) is 23.0 Å². The molecule has 12 nitrogen and oxygen atoms in total. The molecule has 0 spiro atoms. The molecule has 2 aromatic carbocycles. The highest BCUT2D eigenvalue weighted by Gasteiger charge is 2.09. The molecule has 0 aliphatic rings. The molecule has 0 aromatic heterocycles. The Morgan fingerprint density at radius 3 is 0.840 bits per heavy atom. The first-order chi connectivity index (χ1) is 23.7. The van der Waals surface area contributed by atoms with Crippen LogP contribution in [0.2, 0.25) is 0 Å². The van der Waals surface area contributed by atoms with Crippen molar-refractivity contribution in [2.75, 3.05) is 52.9 Å². The number of carbonyl (C=O) groups is 4. The van der Waals surface area contributed by atoms with Crippen LogP contribution < -0.4 is 18.9 Å². The fourth-order valence-electron chi connectivity index (χ4n) is 3.57. The normalized spacial score (nSPS) is 10.4. The van der Waals surface area contributed by atoms with E-state index in [0.29, 0.717) is 34.1 Å². The molecule has 2 aromatic rings. The van der Waals surface area contributed by atoms with Crippen molar-refractivity contribution in [1.82, 2.24) is 0 Å². The summed E-state index contributed by atoms with van der Waals surface area (Å²) >= 11 is 0. The Labute approximate surface area is 292 Å². The number of esters is 4. The van der Waals surface area contributed by atoms with Crippen LogP contribution in [-0.4, -0.2) is 76.7 Å². The Kier molecular flexibility index (Phi) is 17.2. The molecule has 0 unspecified atom stereocenters. The first-order valence-electron chi connectivity index (χ1n) is 15.5. The van der Waals surface area contributed by atoms with Gasteiger partial charge in [-0.15, -0.1) is 0 Å². The van der Waals surface area contributed by atoms with E-state index in [1.165, 1.54) is 0 Å². The molecular weight excluding hydrogens is 648 g/mol. The van der Waals surface area contributed by atoms with Crippen LogP contribution in [0.1, 0.15) is 38.8 Å². The fourth-order valence-corrected chi connectivity index (χ4v) is 3.57. The summed E-state index contributed by atoms with van der Waals surface area (Å²) in [5.41, 5.74) is 2.48. The van der Waals surface area contributed by atoms with E-state index in [2.05, 4.69) is 26.3 Å². The van der Waals surface area contributed by atoms with E-state index in [1.54, 1.807) is 76.2 Å². The number of benzene rings is 2. The average molecular weight is 693 g/mol. The SMILES string of the molecule is C=C(C)C(=O)OCCOc1cc(C=Cc2cc(OCCOC(=O)C(=C)C)cc(OCCOC(=O)C(=C)C)c2)cc(OCCOC(=O)C(=C)C)c1. The van der Waals surface area contributed by atoms with Crippen LogP contribution in [0.25, 0.3) is 12.2 Å². The maximum Gasteiger partial charge on any atom is 0.333 e. The third-order valence-electron chi connectivity index (χ3n) is 6.01. The molecule has 0 bridgehead atoms. The van der Waals surface area contributed by atoms with Gasteiger partial charge in [-0.25, -0.2) is 19.2 Å².